The molecule has 4 heteroatoms. The number of aryl methyl sites for hydroxylation is 1. The van der Waals surface area contributed by atoms with Crippen molar-refractivity contribution in [1.82, 2.24) is 9.97 Å². The number of nitrogens with one attached hydrogen (secondary N) is 1. The second-order valence-corrected chi connectivity index (χ2v) is 3.74. The molecule has 0 aliphatic heterocycles. The number of imidazole rings is 1. The standard InChI is InChI=1S/C8H6FIN2/c1-4-11-6-3-2-5(10)7(9)8(6)12-4/h2-3H,1H3,(H,11,12). The summed E-state index contributed by atoms with van der Waals surface area (Å²) in [6.45, 7) is 1.81. The maximum absolute atomic E-state index is 13.3. The van der Waals surface area contributed by atoms with Crippen molar-refractivity contribution >= 4 is 33.6 Å². The van der Waals surface area contributed by atoms with Crippen molar-refractivity contribution in [3.05, 3.63) is 27.3 Å². The number of benzene rings is 1. The second kappa shape index (κ2) is 2.69. The van der Waals surface area contributed by atoms with E-state index in [1.54, 1.807) is 6.07 Å². The van der Waals surface area contributed by atoms with Gasteiger partial charge in [0.2, 0.25) is 0 Å². The minimum Gasteiger partial charge on any atom is -0.342 e. The third-order valence-electron chi connectivity index (χ3n) is 1.66. The maximum Gasteiger partial charge on any atom is 0.164 e. The minimum atomic E-state index is -0.238. The van der Waals surface area contributed by atoms with Gasteiger partial charge in [0, 0.05) is 0 Å². The van der Waals surface area contributed by atoms with Crippen LogP contribution in [0.1, 0.15) is 5.82 Å². The van der Waals surface area contributed by atoms with E-state index in [4.69, 9.17) is 0 Å². The SMILES string of the molecule is Cc1nc2c(F)c(I)ccc2[nH]1. The molecule has 2 nitrogen and oxygen atoms in total. The number of halogens is 2. The first-order valence-corrected chi connectivity index (χ1v) is 4.56. The molecule has 0 saturated heterocycles. The van der Waals surface area contributed by atoms with Gasteiger partial charge in [-0.25, -0.2) is 9.37 Å². The van der Waals surface area contributed by atoms with Crippen LogP contribution >= 0.6 is 22.6 Å². The Morgan fingerprint density at radius 2 is 2.25 bits per heavy atom. The summed E-state index contributed by atoms with van der Waals surface area (Å²) in [7, 11) is 0. The molecule has 0 saturated carbocycles. The summed E-state index contributed by atoms with van der Waals surface area (Å²) in [6.07, 6.45) is 0. The Morgan fingerprint density at radius 1 is 1.50 bits per heavy atom. The van der Waals surface area contributed by atoms with Crippen LogP contribution in [0.3, 0.4) is 0 Å². The van der Waals surface area contributed by atoms with Gasteiger partial charge in [-0.2, -0.15) is 0 Å². The average Bonchev–Trinajstić information content (AvgIpc) is 2.39. The summed E-state index contributed by atoms with van der Waals surface area (Å²) in [5.41, 5.74) is 1.19. The molecule has 62 valence electrons. The Bertz CT molecular complexity index is 436. The van der Waals surface area contributed by atoms with Crippen molar-refractivity contribution < 1.29 is 4.39 Å². The molecule has 0 aliphatic carbocycles. The third kappa shape index (κ3) is 1.10. The average molecular weight is 276 g/mol. The molecule has 2 aromatic rings. The Kier molecular flexibility index (Phi) is 1.79. The molecule has 0 radical (unpaired) electrons. The van der Waals surface area contributed by atoms with Gasteiger partial charge in [0.15, 0.2) is 5.82 Å². The van der Waals surface area contributed by atoms with Crippen molar-refractivity contribution in [2.45, 2.75) is 6.92 Å². The Labute approximate surface area is 82.3 Å². The maximum atomic E-state index is 13.3. The normalized spacial score (nSPS) is 10.9. The van der Waals surface area contributed by atoms with Crippen molar-refractivity contribution in [3.8, 4) is 0 Å². The zero-order valence-electron chi connectivity index (χ0n) is 6.36. The van der Waals surface area contributed by atoms with Crippen LogP contribution in [0.5, 0.6) is 0 Å². The van der Waals surface area contributed by atoms with Gasteiger partial charge in [0.1, 0.15) is 11.3 Å². The lowest BCUT2D eigenvalue weighted by Gasteiger charge is -1.92. The lowest BCUT2D eigenvalue weighted by atomic mass is 10.3. The van der Waals surface area contributed by atoms with Gasteiger partial charge in [-0.05, 0) is 41.6 Å². The number of aromatic amines is 1. The van der Waals surface area contributed by atoms with Crippen LogP contribution in [0.25, 0.3) is 11.0 Å². The summed E-state index contributed by atoms with van der Waals surface area (Å²) < 4.78 is 13.9. The first kappa shape index (κ1) is 7.97. The number of aromatic nitrogens is 2. The van der Waals surface area contributed by atoms with Gasteiger partial charge in [-0.15, -0.1) is 0 Å². The van der Waals surface area contributed by atoms with Crippen molar-refractivity contribution in [2.24, 2.45) is 0 Å². The summed E-state index contributed by atoms with van der Waals surface area (Å²) in [4.78, 5) is 7.01. The molecule has 2 rings (SSSR count). The highest BCUT2D eigenvalue weighted by atomic mass is 127. The highest BCUT2D eigenvalue weighted by molar-refractivity contribution is 14.1. The zero-order valence-corrected chi connectivity index (χ0v) is 8.52. The summed E-state index contributed by atoms with van der Waals surface area (Å²) >= 11 is 1.95. The number of H-pyrrole nitrogens is 1. The minimum absolute atomic E-state index is 0.238. The molecule has 0 unspecified atom stereocenters. The van der Waals surface area contributed by atoms with E-state index in [1.165, 1.54) is 0 Å². The van der Waals surface area contributed by atoms with E-state index >= 15 is 0 Å². The fourth-order valence-electron chi connectivity index (χ4n) is 1.14. The lowest BCUT2D eigenvalue weighted by molar-refractivity contribution is 0.630. The van der Waals surface area contributed by atoms with Gasteiger partial charge >= 0.3 is 0 Å². The first-order valence-electron chi connectivity index (χ1n) is 3.49. The molecule has 1 N–H and O–H groups in total. The predicted octanol–water partition coefficient (Wildman–Crippen LogP) is 2.62. The van der Waals surface area contributed by atoms with Crippen LogP contribution in [0.4, 0.5) is 4.39 Å². The molecular weight excluding hydrogens is 270 g/mol. The van der Waals surface area contributed by atoms with Gasteiger partial charge in [-0.1, -0.05) is 0 Å². The van der Waals surface area contributed by atoms with Crippen LogP contribution in [0, 0.1) is 16.3 Å². The topological polar surface area (TPSA) is 28.7 Å². The molecule has 0 bridgehead atoms. The zero-order chi connectivity index (χ0) is 8.72. The molecule has 1 heterocycles. The lowest BCUT2D eigenvalue weighted by Crippen LogP contribution is -1.82. The van der Waals surface area contributed by atoms with Crippen LogP contribution in [-0.4, -0.2) is 9.97 Å². The number of hydrogen-bond donors (Lipinski definition) is 1. The van der Waals surface area contributed by atoms with E-state index in [0.29, 0.717) is 9.09 Å². The van der Waals surface area contributed by atoms with E-state index in [0.717, 1.165) is 11.3 Å². The van der Waals surface area contributed by atoms with Gasteiger partial charge in [-0.3, -0.25) is 0 Å². The smallest absolute Gasteiger partial charge is 0.164 e. The highest BCUT2D eigenvalue weighted by Crippen LogP contribution is 2.19. The number of rotatable bonds is 0. The molecular formula is C8H6FIN2. The monoisotopic (exact) mass is 276 g/mol. The fraction of sp³-hybridized carbons (Fsp3) is 0.125. The van der Waals surface area contributed by atoms with Crippen LogP contribution in [0.15, 0.2) is 12.1 Å². The molecule has 1 aromatic heterocycles. The van der Waals surface area contributed by atoms with E-state index in [2.05, 4.69) is 9.97 Å². The Hall–Kier alpha value is -0.650. The second-order valence-electron chi connectivity index (χ2n) is 2.58. The van der Waals surface area contributed by atoms with E-state index in [9.17, 15) is 4.39 Å². The van der Waals surface area contributed by atoms with E-state index in [1.807, 2.05) is 35.6 Å². The molecule has 0 aliphatic rings. The van der Waals surface area contributed by atoms with Crippen molar-refractivity contribution in [1.29, 1.82) is 0 Å². The fourth-order valence-corrected chi connectivity index (χ4v) is 1.58. The summed E-state index contributed by atoms with van der Waals surface area (Å²) in [5, 5.41) is 0. The molecule has 0 fully saturated rings. The van der Waals surface area contributed by atoms with Crippen molar-refractivity contribution in [3.63, 3.8) is 0 Å². The predicted molar refractivity (Wildman–Crippen MR) is 53.5 cm³/mol. The third-order valence-corrected chi connectivity index (χ3v) is 2.50. The number of fused-ring (bicyclic) bond motifs is 1. The Balaban J connectivity index is 2.89. The molecule has 0 amide bonds. The van der Waals surface area contributed by atoms with E-state index < -0.39 is 0 Å². The molecule has 0 atom stereocenters. The largest absolute Gasteiger partial charge is 0.342 e. The van der Waals surface area contributed by atoms with Crippen LogP contribution < -0.4 is 0 Å². The summed E-state index contributed by atoms with van der Waals surface area (Å²) in [6, 6.07) is 3.57. The van der Waals surface area contributed by atoms with Gasteiger partial charge < -0.3 is 4.98 Å². The Morgan fingerprint density at radius 3 is 3.00 bits per heavy atom. The summed E-state index contributed by atoms with van der Waals surface area (Å²) in [5.74, 6) is 0.503. The van der Waals surface area contributed by atoms with Crippen molar-refractivity contribution in [2.75, 3.05) is 0 Å². The first-order chi connectivity index (χ1) is 5.68. The van der Waals surface area contributed by atoms with Crippen LogP contribution in [-0.2, 0) is 0 Å². The van der Waals surface area contributed by atoms with E-state index in [-0.39, 0.29) is 5.82 Å². The quantitative estimate of drug-likeness (QED) is 0.736. The highest BCUT2D eigenvalue weighted by Gasteiger charge is 2.07. The number of nitrogens with zero attached hydrogens (tertiary/aromatic N) is 1. The molecule has 0 spiro atoms. The number of hydrogen-bond acceptors (Lipinski definition) is 1. The molecule has 1 aromatic carbocycles. The molecule has 12 heavy (non-hydrogen) atoms. The van der Waals surface area contributed by atoms with Gasteiger partial charge in [0.05, 0.1) is 9.09 Å². The van der Waals surface area contributed by atoms with Gasteiger partial charge in [0.25, 0.3) is 0 Å². The van der Waals surface area contributed by atoms with Crippen LogP contribution in [0.2, 0.25) is 0 Å².